The van der Waals surface area contributed by atoms with Gasteiger partial charge in [-0.3, -0.25) is 0 Å². The number of benzene rings is 2. The standard InChI is InChI=1S/C21H25NO5/c1-24-17-9-5-3-7-15(17)19-22-20(16-8-4-6-10-18(16)25-2)27-14-21(22,11-12-23)13-26-19/h3-10,19-20,23H,11-14H2,1-2H3/t19-,20+,21-. The number of aliphatic hydroxyl groups is 1. The van der Waals surface area contributed by atoms with Crippen molar-refractivity contribution in [1.29, 1.82) is 0 Å². The minimum atomic E-state index is -0.383. The van der Waals surface area contributed by atoms with Gasteiger partial charge in [0.05, 0.1) is 33.0 Å². The normalized spacial score (nSPS) is 27.5. The summed E-state index contributed by atoms with van der Waals surface area (Å²) >= 11 is 0. The SMILES string of the molecule is COc1ccccc1[C@H]1OC[C@]2(CCO)CO[C@@H](c3ccccc3OC)N12. The lowest BCUT2D eigenvalue weighted by Crippen LogP contribution is -2.45. The van der Waals surface area contributed by atoms with E-state index in [0.29, 0.717) is 19.6 Å². The molecule has 144 valence electrons. The van der Waals surface area contributed by atoms with Gasteiger partial charge in [-0.2, -0.15) is 0 Å². The first kappa shape index (κ1) is 18.3. The summed E-state index contributed by atoms with van der Waals surface area (Å²) < 4.78 is 23.6. The second-order valence-electron chi connectivity index (χ2n) is 6.92. The Labute approximate surface area is 159 Å². The summed E-state index contributed by atoms with van der Waals surface area (Å²) in [5, 5.41) is 9.70. The van der Waals surface area contributed by atoms with Crippen molar-refractivity contribution in [2.45, 2.75) is 24.4 Å². The highest BCUT2D eigenvalue weighted by Gasteiger charge is 2.57. The van der Waals surface area contributed by atoms with Crippen LogP contribution in [-0.4, -0.2) is 49.6 Å². The Bertz CT molecular complexity index is 736. The molecule has 2 heterocycles. The van der Waals surface area contributed by atoms with E-state index in [-0.39, 0.29) is 24.6 Å². The smallest absolute Gasteiger partial charge is 0.143 e. The number of ether oxygens (including phenoxy) is 4. The van der Waals surface area contributed by atoms with Crippen LogP contribution in [0, 0.1) is 0 Å². The molecule has 27 heavy (non-hydrogen) atoms. The molecule has 1 N–H and O–H groups in total. The van der Waals surface area contributed by atoms with Gasteiger partial charge >= 0.3 is 0 Å². The number of para-hydroxylation sites is 2. The van der Waals surface area contributed by atoms with Crippen LogP contribution in [0.2, 0.25) is 0 Å². The molecule has 0 bridgehead atoms. The molecular weight excluding hydrogens is 346 g/mol. The second kappa shape index (κ2) is 7.48. The van der Waals surface area contributed by atoms with E-state index in [2.05, 4.69) is 4.90 Å². The molecule has 2 fully saturated rings. The molecule has 3 atom stereocenters. The van der Waals surface area contributed by atoms with Crippen molar-refractivity contribution in [3.8, 4) is 11.5 Å². The number of hydrogen-bond acceptors (Lipinski definition) is 6. The molecule has 0 saturated carbocycles. The van der Waals surface area contributed by atoms with Crippen LogP contribution < -0.4 is 9.47 Å². The van der Waals surface area contributed by atoms with Gasteiger partial charge in [0.25, 0.3) is 0 Å². The van der Waals surface area contributed by atoms with Gasteiger partial charge in [-0.1, -0.05) is 36.4 Å². The highest BCUT2D eigenvalue weighted by molar-refractivity contribution is 5.39. The number of aliphatic hydroxyl groups excluding tert-OH is 1. The van der Waals surface area contributed by atoms with Gasteiger partial charge in [-0.25, -0.2) is 4.90 Å². The Hall–Kier alpha value is -2.12. The number of rotatable bonds is 6. The molecular formula is C21H25NO5. The van der Waals surface area contributed by atoms with Crippen LogP contribution in [0.5, 0.6) is 11.5 Å². The van der Waals surface area contributed by atoms with Gasteiger partial charge in [0.15, 0.2) is 0 Å². The average Bonchev–Trinajstić information content (AvgIpc) is 3.25. The monoisotopic (exact) mass is 371 g/mol. The molecule has 0 unspecified atom stereocenters. The Balaban J connectivity index is 1.79. The van der Waals surface area contributed by atoms with Crippen LogP contribution in [0.15, 0.2) is 48.5 Å². The van der Waals surface area contributed by atoms with Crippen molar-refractivity contribution in [2.75, 3.05) is 34.0 Å². The largest absolute Gasteiger partial charge is 0.496 e. The van der Waals surface area contributed by atoms with Crippen molar-refractivity contribution in [2.24, 2.45) is 0 Å². The minimum Gasteiger partial charge on any atom is -0.496 e. The quantitative estimate of drug-likeness (QED) is 0.843. The molecule has 6 nitrogen and oxygen atoms in total. The Morgan fingerprint density at radius 3 is 1.85 bits per heavy atom. The van der Waals surface area contributed by atoms with Crippen molar-refractivity contribution < 1.29 is 24.1 Å². The topological polar surface area (TPSA) is 60.4 Å². The summed E-state index contributed by atoms with van der Waals surface area (Å²) in [4.78, 5) is 2.22. The fourth-order valence-corrected chi connectivity index (χ4v) is 4.14. The molecule has 0 spiro atoms. The molecule has 4 rings (SSSR count). The Morgan fingerprint density at radius 1 is 0.926 bits per heavy atom. The van der Waals surface area contributed by atoms with Crippen LogP contribution in [0.25, 0.3) is 0 Å². The van der Waals surface area contributed by atoms with E-state index in [1.807, 2.05) is 48.5 Å². The molecule has 2 aromatic carbocycles. The van der Waals surface area contributed by atoms with E-state index in [1.54, 1.807) is 14.2 Å². The number of nitrogens with zero attached hydrogens (tertiary/aromatic N) is 1. The van der Waals surface area contributed by atoms with Crippen LogP contribution in [0.3, 0.4) is 0 Å². The minimum absolute atomic E-state index is 0.0699. The zero-order chi connectivity index (χ0) is 18.9. The zero-order valence-corrected chi connectivity index (χ0v) is 15.6. The van der Waals surface area contributed by atoms with E-state index in [0.717, 1.165) is 22.6 Å². The summed E-state index contributed by atoms with van der Waals surface area (Å²) in [6.07, 6.45) is -0.0835. The average molecular weight is 371 g/mol. The number of methoxy groups -OCH3 is 2. The summed E-state index contributed by atoms with van der Waals surface area (Å²) in [6.45, 7) is 1.05. The molecule has 2 aliphatic heterocycles. The molecule has 2 aromatic rings. The summed E-state index contributed by atoms with van der Waals surface area (Å²) in [7, 11) is 3.32. The third-order valence-electron chi connectivity index (χ3n) is 5.46. The van der Waals surface area contributed by atoms with Gasteiger partial charge in [-0.15, -0.1) is 0 Å². The lowest BCUT2D eigenvalue weighted by atomic mass is 9.96. The Kier molecular flexibility index (Phi) is 5.06. The van der Waals surface area contributed by atoms with Gasteiger partial charge < -0.3 is 24.1 Å². The molecule has 0 aliphatic carbocycles. The van der Waals surface area contributed by atoms with Crippen LogP contribution in [0.1, 0.15) is 30.0 Å². The maximum Gasteiger partial charge on any atom is 0.143 e. The fourth-order valence-electron chi connectivity index (χ4n) is 4.14. The summed E-state index contributed by atoms with van der Waals surface area (Å²) in [6, 6.07) is 15.7. The molecule has 2 aliphatic rings. The zero-order valence-electron chi connectivity index (χ0n) is 15.6. The molecule has 0 aromatic heterocycles. The third-order valence-corrected chi connectivity index (χ3v) is 5.46. The number of fused-ring (bicyclic) bond motifs is 1. The Morgan fingerprint density at radius 2 is 1.41 bits per heavy atom. The van der Waals surface area contributed by atoms with E-state index in [9.17, 15) is 5.11 Å². The predicted molar refractivity (Wildman–Crippen MR) is 99.6 cm³/mol. The molecule has 2 saturated heterocycles. The van der Waals surface area contributed by atoms with Crippen LogP contribution >= 0.6 is 0 Å². The summed E-state index contributed by atoms with van der Waals surface area (Å²) in [5.41, 5.74) is 1.52. The van der Waals surface area contributed by atoms with E-state index in [1.165, 1.54) is 0 Å². The van der Waals surface area contributed by atoms with Gasteiger partial charge in [0, 0.05) is 17.7 Å². The molecule has 0 amide bonds. The van der Waals surface area contributed by atoms with Crippen molar-refractivity contribution in [3.63, 3.8) is 0 Å². The maximum absolute atomic E-state index is 9.70. The van der Waals surface area contributed by atoms with E-state index >= 15 is 0 Å². The first-order chi connectivity index (χ1) is 13.2. The maximum atomic E-state index is 9.70. The van der Waals surface area contributed by atoms with Crippen LogP contribution in [0.4, 0.5) is 0 Å². The van der Waals surface area contributed by atoms with E-state index < -0.39 is 0 Å². The fraction of sp³-hybridized carbons (Fsp3) is 0.429. The summed E-state index contributed by atoms with van der Waals surface area (Å²) in [5.74, 6) is 1.54. The van der Waals surface area contributed by atoms with Crippen molar-refractivity contribution >= 4 is 0 Å². The van der Waals surface area contributed by atoms with Gasteiger partial charge in [0.2, 0.25) is 0 Å². The first-order valence-corrected chi connectivity index (χ1v) is 9.12. The first-order valence-electron chi connectivity index (χ1n) is 9.12. The van der Waals surface area contributed by atoms with Crippen molar-refractivity contribution in [3.05, 3.63) is 59.7 Å². The van der Waals surface area contributed by atoms with Crippen LogP contribution in [-0.2, 0) is 9.47 Å². The lowest BCUT2D eigenvalue weighted by molar-refractivity contribution is -0.0638. The highest BCUT2D eigenvalue weighted by Crippen LogP contribution is 2.52. The predicted octanol–water partition coefficient (Wildman–Crippen LogP) is 2.88. The van der Waals surface area contributed by atoms with Crippen molar-refractivity contribution in [1.82, 2.24) is 4.90 Å². The number of hydrogen-bond donors (Lipinski definition) is 1. The molecule has 6 heteroatoms. The van der Waals surface area contributed by atoms with Gasteiger partial charge in [-0.05, 0) is 18.6 Å². The second-order valence-corrected chi connectivity index (χ2v) is 6.92. The highest BCUT2D eigenvalue weighted by atomic mass is 16.6. The molecule has 0 radical (unpaired) electrons. The van der Waals surface area contributed by atoms with E-state index in [4.69, 9.17) is 18.9 Å². The third kappa shape index (κ3) is 2.99. The van der Waals surface area contributed by atoms with Gasteiger partial charge in [0.1, 0.15) is 24.0 Å². The lowest BCUT2D eigenvalue weighted by Gasteiger charge is -2.34.